The second-order valence-electron chi connectivity index (χ2n) is 4.76. The highest BCUT2D eigenvalue weighted by Crippen LogP contribution is 2.30. The molecule has 0 heterocycles. The fourth-order valence-electron chi connectivity index (χ4n) is 1.71. The third-order valence-corrected chi connectivity index (χ3v) is 4.12. The molecule has 0 bridgehead atoms. The van der Waals surface area contributed by atoms with Gasteiger partial charge in [-0.1, -0.05) is 20.3 Å². The van der Waals surface area contributed by atoms with E-state index in [1.807, 2.05) is 12.1 Å². The van der Waals surface area contributed by atoms with Crippen LogP contribution in [0.25, 0.3) is 6.08 Å². The SMILES string of the molecule is CCCC(C)COC(=O)/C=C/c1cc(Br)c(N)c(Br)c1. The Morgan fingerprint density at radius 1 is 1.40 bits per heavy atom. The molecule has 20 heavy (non-hydrogen) atoms. The molecular formula is C15H19Br2NO2. The first-order chi connectivity index (χ1) is 9.43. The van der Waals surface area contributed by atoms with Crippen LogP contribution in [0.4, 0.5) is 5.69 Å². The first kappa shape index (κ1) is 17.2. The van der Waals surface area contributed by atoms with E-state index in [4.69, 9.17) is 10.5 Å². The largest absolute Gasteiger partial charge is 0.462 e. The number of hydrogen-bond acceptors (Lipinski definition) is 3. The molecule has 0 saturated heterocycles. The predicted molar refractivity (Wildman–Crippen MR) is 90.3 cm³/mol. The lowest BCUT2D eigenvalue weighted by Gasteiger charge is -2.09. The summed E-state index contributed by atoms with van der Waals surface area (Å²) in [5, 5.41) is 0. The van der Waals surface area contributed by atoms with Gasteiger partial charge in [0, 0.05) is 15.0 Å². The van der Waals surface area contributed by atoms with Gasteiger partial charge in [-0.15, -0.1) is 0 Å². The molecular weight excluding hydrogens is 386 g/mol. The first-order valence-corrected chi connectivity index (χ1v) is 8.12. The molecule has 0 aliphatic rings. The number of carbonyl (C=O) groups is 1. The molecule has 1 rings (SSSR count). The third kappa shape index (κ3) is 5.67. The zero-order valence-corrected chi connectivity index (χ0v) is 14.8. The van der Waals surface area contributed by atoms with Gasteiger partial charge in [-0.05, 0) is 68.0 Å². The van der Waals surface area contributed by atoms with E-state index in [2.05, 4.69) is 45.7 Å². The van der Waals surface area contributed by atoms with Crippen molar-refractivity contribution in [3.8, 4) is 0 Å². The van der Waals surface area contributed by atoms with Gasteiger partial charge in [0.1, 0.15) is 0 Å². The fourth-order valence-corrected chi connectivity index (χ4v) is 2.93. The van der Waals surface area contributed by atoms with Crippen LogP contribution in [0.1, 0.15) is 32.3 Å². The summed E-state index contributed by atoms with van der Waals surface area (Å²) in [7, 11) is 0. The molecule has 1 aromatic carbocycles. The number of halogens is 2. The maximum Gasteiger partial charge on any atom is 0.330 e. The smallest absolute Gasteiger partial charge is 0.330 e. The topological polar surface area (TPSA) is 52.3 Å². The zero-order chi connectivity index (χ0) is 15.1. The predicted octanol–water partition coefficient (Wildman–Crippen LogP) is 4.79. The summed E-state index contributed by atoms with van der Waals surface area (Å²) < 4.78 is 6.77. The molecule has 0 amide bonds. The normalized spacial score (nSPS) is 12.6. The summed E-state index contributed by atoms with van der Waals surface area (Å²) in [6.07, 6.45) is 5.31. The van der Waals surface area contributed by atoms with Crippen molar-refractivity contribution < 1.29 is 9.53 Å². The molecule has 3 nitrogen and oxygen atoms in total. The minimum absolute atomic E-state index is 0.322. The number of esters is 1. The number of nitrogens with two attached hydrogens (primary N) is 1. The highest BCUT2D eigenvalue weighted by molar-refractivity contribution is 9.11. The van der Waals surface area contributed by atoms with E-state index in [-0.39, 0.29) is 5.97 Å². The summed E-state index contributed by atoms with van der Waals surface area (Å²) in [6.45, 7) is 4.66. The van der Waals surface area contributed by atoms with E-state index in [0.29, 0.717) is 18.2 Å². The Balaban J connectivity index is 2.57. The lowest BCUT2D eigenvalue weighted by molar-refractivity contribution is -0.138. The standard InChI is InChI=1S/C15H19Br2NO2/c1-3-4-10(2)9-20-14(19)6-5-11-7-12(16)15(18)13(17)8-11/h5-8,10H,3-4,9,18H2,1-2H3/b6-5+. The second kappa shape index (κ2) is 8.47. The van der Waals surface area contributed by atoms with Crippen molar-refractivity contribution in [1.82, 2.24) is 0 Å². The summed E-state index contributed by atoms with van der Waals surface area (Å²) in [5.74, 6) is 0.0779. The molecule has 0 aliphatic heterocycles. The number of benzene rings is 1. The van der Waals surface area contributed by atoms with Crippen molar-refractivity contribution in [2.24, 2.45) is 5.92 Å². The Bertz CT molecular complexity index is 478. The average Bonchev–Trinajstić information content (AvgIpc) is 2.40. The van der Waals surface area contributed by atoms with Gasteiger partial charge in [-0.3, -0.25) is 0 Å². The molecule has 1 unspecified atom stereocenters. The Morgan fingerprint density at radius 2 is 2.00 bits per heavy atom. The molecule has 0 saturated carbocycles. The molecule has 0 spiro atoms. The number of carbonyl (C=O) groups excluding carboxylic acids is 1. The van der Waals surface area contributed by atoms with Gasteiger partial charge in [-0.25, -0.2) is 4.79 Å². The Labute approximate surface area is 136 Å². The molecule has 5 heteroatoms. The summed E-state index contributed by atoms with van der Waals surface area (Å²) >= 11 is 6.73. The van der Waals surface area contributed by atoms with Crippen molar-refractivity contribution >= 4 is 49.6 Å². The van der Waals surface area contributed by atoms with Crippen molar-refractivity contribution in [2.75, 3.05) is 12.3 Å². The van der Waals surface area contributed by atoms with Gasteiger partial charge in [0.15, 0.2) is 0 Å². The monoisotopic (exact) mass is 403 g/mol. The maximum absolute atomic E-state index is 11.6. The number of anilines is 1. The van der Waals surface area contributed by atoms with Gasteiger partial charge in [0.2, 0.25) is 0 Å². The van der Waals surface area contributed by atoms with Crippen LogP contribution in [-0.2, 0) is 9.53 Å². The van der Waals surface area contributed by atoms with E-state index in [9.17, 15) is 4.79 Å². The molecule has 2 N–H and O–H groups in total. The van der Waals surface area contributed by atoms with Crippen molar-refractivity contribution in [3.05, 3.63) is 32.7 Å². The summed E-state index contributed by atoms with van der Waals surface area (Å²) in [5.41, 5.74) is 7.32. The van der Waals surface area contributed by atoms with Crippen LogP contribution < -0.4 is 5.73 Å². The number of ether oxygens (including phenoxy) is 1. The number of rotatable bonds is 6. The van der Waals surface area contributed by atoms with Gasteiger partial charge < -0.3 is 10.5 Å². The summed E-state index contributed by atoms with van der Waals surface area (Å²) in [4.78, 5) is 11.6. The van der Waals surface area contributed by atoms with Crippen molar-refractivity contribution in [1.29, 1.82) is 0 Å². The van der Waals surface area contributed by atoms with Gasteiger partial charge in [0.25, 0.3) is 0 Å². The quantitative estimate of drug-likeness (QED) is 0.421. The van der Waals surface area contributed by atoms with Crippen LogP contribution in [0.3, 0.4) is 0 Å². The van der Waals surface area contributed by atoms with Crippen molar-refractivity contribution in [2.45, 2.75) is 26.7 Å². The second-order valence-corrected chi connectivity index (χ2v) is 6.46. The van der Waals surface area contributed by atoms with E-state index in [1.165, 1.54) is 6.08 Å². The minimum atomic E-state index is -0.322. The fraction of sp³-hybridized carbons (Fsp3) is 0.400. The lowest BCUT2D eigenvalue weighted by atomic mass is 10.1. The summed E-state index contributed by atoms with van der Waals surface area (Å²) in [6, 6.07) is 3.70. The van der Waals surface area contributed by atoms with Crippen LogP contribution >= 0.6 is 31.9 Å². The molecule has 0 fully saturated rings. The molecule has 1 aromatic rings. The van der Waals surface area contributed by atoms with Crippen LogP contribution in [0, 0.1) is 5.92 Å². The number of nitrogen functional groups attached to an aromatic ring is 1. The van der Waals surface area contributed by atoms with E-state index >= 15 is 0 Å². The molecule has 0 radical (unpaired) electrons. The van der Waals surface area contributed by atoms with Crippen LogP contribution in [0.2, 0.25) is 0 Å². The minimum Gasteiger partial charge on any atom is -0.462 e. The molecule has 0 aliphatic carbocycles. The van der Waals surface area contributed by atoms with Crippen LogP contribution in [0.5, 0.6) is 0 Å². The maximum atomic E-state index is 11.6. The highest BCUT2D eigenvalue weighted by Gasteiger charge is 2.05. The Hall–Kier alpha value is -0.810. The van der Waals surface area contributed by atoms with Gasteiger partial charge in [0.05, 0.1) is 12.3 Å². The first-order valence-electron chi connectivity index (χ1n) is 6.53. The van der Waals surface area contributed by atoms with E-state index < -0.39 is 0 Å². The highest BCUT2D eigenvalue weighted by atomic mass is 79.9. The van der Waals surface area contributed by atoms with Crippen LogP contribution in [0.15, 0.2) is 27.2 Å². The Morgan fingerprint density at radius 3 is 2.55 bits per heavy atom. The van der Waals surface area contributed by atoms with Crippen LogP contribution in [-0.4, -0.2) is 12.6 Å². The Kier molecular flexibility index (Phi) is 7.30. The molecule has 0 aromatic heterocycles. The average molecular weight is 405 g/mol. The van der Waals surface area contributed by atoms with E-state index in [0.717, 1.165) is 27.4 Å². The van der Waals surface area contributed by atoms with Gasteiger partial charge >= 0.3 is 5.97 Å². The lowest BCUT2D eigenvalue weighted by Crippen LogP contribution is -2.09. The molecule has 110 valence electrons. The third-order valence-electron chi connectivity index (χ3n) is 2.80. The van der Waals surface area contributed by atoms with E-state index in [1.54, 1.807) is 6.08 Å². The van der Waals surface area contributed by atoms with Crippen molar-refractivity contribution in [3.63, 3.8) is 0 Å². The van der Waals surface area contributed by atoms with Gasteiger partial charge in [-0.2, -0.15) is 0 Å². The molecule has 1 atom stereocenters. The zero-order valence-electron chi connectivity index (χ0n) is 11.7. The number of hydrogen-bond donors (Lipinski definition) is 1.